The number of carbonyl (C=O) groups excluding carboxylic acids is 1. The van der Waals surface area contributed by atoms with Gasteiger partial charge in [0, 0.05) is 13.0 Å². The highest BCUT2D eigenvalue weighted by Gasteiger charge is 2.25. The van der Waals surface area contributed by atoms with E-state index in [1.807, 2.05) is 0 Å². The fourth-order valence-corrected chi connectivity index (χ4v) is 2.49. The molecule has 0 spiro atoms. The van der Waals surface area contributed by atoms with E-state index in [1.54, 1.807) is 6.92 Å². The molecular formula is C12H25NO7S. The Kier molecular flexibility index (Phi) is 8.98. The second-order valence-electron chi connectivity index (χ2n) is 4.99. The van der Waals surface area contributed by atoms with Gasteiger partial charge in [-0.15, -0.1) is 0 Å². The van der Waals surface area contributed by atoms with E-state index in [2.05, 4.69) is 0 Å². The number of hydrogen-bond donors (Lipinski definition) is 2. The van der Waals surface area contributed by atoms with Gasteiger partial charge in [0.1, 0.15) is 0 Å². The molecule has 1 amide bonds. The maximum Gasteiger partial charge on any atom is 0.264 e. The molecule has 0 aliphatic heterocycles. The summed E-state index contributed by atoms with van der Waals surface area (Å²) in [5, 5.41) is 19.2. The fraction of sp³-hybridized carbons (Fsp3) is 0.917. The number of hydroxylamine groups is 2. The van der Waals surface area contributed by atoms with Gasteiger partial charge in [0.15, 0.2) is 0 Å². The lowest BCUT2D eigenvalue weighted by Crippen LogP contribution is -2.33. The van der Waals surface area contributed by atoms with Crippen molar-refractivity contribution in [3.8, 4) is 0 Å². The minimum absolute atomic E-state index is 0.164. The van der Waals surface area contributed by atoms with Crippen LogP contribution in [-0.2, 0) is 23.9 Å². The van der Waals surface area contributed by atoms with E-state index in [1.165, 1.54) is 14.2 Å². The van der Waals surface area contributed by atoms with E-state index in [0.29, 0.717) is 0 Å². The van der Waals surface area contributed by atoms with Crippen LogP contribution in [0, 0.1) is 5.92 Å². The van der Waals surface area contributed by atoms with Crippen molar-refractivity contribution in [2.24, 2.45) is 5.92 Å². The average Bonchev–Trinajstić information content (AvgIpc) is 2.40. The van der Waals surface area contributed by atoms with Gasteiger partial charge < -0.3 is 10.2 Å². The molecule has 0 saturated carbocycles. The summed E-state index contributed by atoms with van der Waals surface area (Å²) < 4.78 is 27.4. The van der Waals surface area contributed by atoms with Crippen molar-refractivity contribution < 1.29 is 32.4 Å². The summed E-state index contributed by atoms with van der Waals surface area (Å²) in [7, 11) is -0.862. The van der Waals surface area contributed by atoms with Crippen LogP contribution in [0.3, 0.4) is 0 Å². The van der Waals surface area contributed by atoms with Crippen molar-refractivity contribution in [2.75, 3.05) is 27.0 Å². The molecular weight excluding hydrogens is 302 g/mol. The number of amides is 1. The van der Waals surface area contributed by atoms with Gasteiger partial charge >= 0.3 is 0 Å². The van der Waals surface area contributed by atoms with Gasteiger partial charge in [-0.25, -0.2) is 5.06 Å². The van der Waals surface area contributed by atoms with Crippen molar-refractivity contribution in [3.63, 3.8) is 0 Å². The largest absolute Gasteiger partial charge is 0.394 e. The van der Waals surface area contributed by atoms with E-state index in [9.17, 15) is 18.3 Å². The molecule has 0 heterocycles. The molecule has 0 aromatic rings. The molecule has 0 radical (unpaired) electrons. The second kappa shape index (κ2) is 9.31. The highest BCUT2D eigenvalue weighted by Crippen LogP contribution is 2.18. The van der Waals surface area contributed by atoms with Crippen molar-refractivity contribution >= 4 is 16.0 Å². The molecule has 0 aliphatic carbocycles. The molecule has 0 aromatic carbocycles. The molecule has 9 heteroatoms. The first-order valence-electron chi connectivity index (χ1n) is 6.59. The smallest absolute Gasteiger partial charge is 0.264 e. The molecule has 0 aromatic heterocycles. The van der Waals surface area contributed by atoms with Crippen LogP contribution in [0.25, 0.3) is 0 Å². The predicted molar refractivity (Wildman–Crippen MR) is 75.6 cm³/mol. The van der Waals surface area contributed by atoms with Crippen LogP contribution in [0.4, 0.5) is 0 Å². The van der Waals surface area contributed by atoms with Crippen molar-refractivity contribution in [1.29, 1.82) is 0 Å². The number of carbonyl (C=O) groups is 1. The lowest BCUT2D eigenvalue weighted by atomic mass is 9.98. The summed E-state index contributed by atoms with van der Waals surface area (Å²) in [6.07, 6.45) is -0.205. The minimum atomic E-state index is -3.68. The average molecular weight is 327 g/mol. The zero-order valence-electron chi connectivity index (χ0n) is 12.9. The van der Waals surface area contributed by atoms with E-state index in [-0.39, 0.29) is 25.2 Å². The summed E-state index contributed by atoms with van der Waals surface area (Å²) in [5.74, 6) is -0.810. The third-order valence-corrected chi connectivity index (χ3v) is 3.59. The highest BCUT2D eigenvalue weighted by atomic mass is 32.2. The van der Waals surface area contributed by atoms with Crippen LogP contribution < -0.4 is 0 Å². The Morgan fingerprint density at radius 1 is 1.33 bits per heavy atom. The highest BCUT2D eigenvalue weighted by molar-refractivity contribution is 7.86. The second-order valence-corrected chi connectivity index (χ2v) is 6.59. The molecule has 21 heavy (non-hydrogen) atoms. The number of nitrogens with zero attached hydrogens (tertiary/aromatic N) is 1. The molecule has 0 fully saturated rings. The van der Waals surface area contributed by atoms with Gasteiger partial charge in [-0.2, -0.15) is 8.42 Å². The minimum Gasteiger partial charge on any atom is -0.394 e. The predicted octanol–water partition coefficient (Wildman–Crippen LogP) is -0.489. The number of aliphatic hydroxyl groups excluding tert-OH is 2. The van der Waals surface area contributed by atoms with Crippen molar-refractivity contribution in [2.45, 2.75) is 38.4 Å². The zero-order valence-corrected chi connectivity index (χ0v) is 13.7. The van der Waals surface area contributed by atoms with Crippen LogP contribution in [0.15, 0.2) is 0 Å². The SMILES string of the molecule is CON(C)C(=O)C(C)C[C@@H](CCC(O)CO)OS(C)(=O)=O. The molecule has 2 N–H and O–H groups in total. The van der Waals surface area contributed by atoms with E-state index in [4.69, 9.17) is 14.1 Å². The summed E-state index contributed by atoms with van der Waals surface area (Å²) in [5.41, 5.74) is 0. The Balaban J connectivity index is 4.69. The normalized spacial score (nSPS) is 16.3. The molecule has 0 rings (SSSR count). The van der Waals surface area contributed by atoms with Crippen LogP contribution in [-0.4, -0.2) is 68.8 Å². The summed E-state index contributed by atoms with van der Waals surface area (Å²) in [6, 6.07) is 0. The number of rotatable bonds is 10. The van der Waals surface area contributed by atoms with Gasteiger partial charge in [0.25, 0.3) is 10.1 Å². The fourth-order valence-electron chi connectivity index (χ4n) is 1.82. The Morgan fingerprint density at radius 2 is 1.90 bits per heavy atom. The summed E-state index contributed by atoms with van der Waals surface area (Å²) in [4.78, 5) is 16.7. The first kappa shape index (κ1) is 20.3. The Labute approximate surface area is 125 Å². The maximum atomic E-state index is 11.9. The summed E-state index contributed by atoms with van der Waals surface area (Å²) in [6.45, 7) is 1.23. The lowest BCUT2D eigenvalue weighted by molar-refractivity contribution is -0.173. The van der Waals surface area contributed by atoms with E-state index < -0.39 is 34.9 Å². The third kappa shape index (κ3) is 8.99. The zero-order chi connectivity index (χ0) is 16.6. The molecule has 0 bridgehead atoms. The van der Waals surface area contributed by atoms with Gasteiger partial charge in [0.05, 0.1) is 32.2 Å². The Bertz CT molecular complexity index is 412. The van der Waals surface area contributed by atoms with Crippen molar-refractivity contribution in [1.82, 2.24) is 5.06 Å². The number of aliphatic hydroxyl groups is 2. The topological polar surface area (TPSA) is 113 Å². The molecule has 3 atom stereocenters. The van der Waals surface area contributed by atoms with Crippen LogP contribution in [0.1, 0.15) is 26.2 Å². The van der Waals surface area contributed by atoms with E-state index in [0.717, 1.165) is 11.3 Å². The molecule has 2 unspecified atom stereocenters. The monoisotopic (exact) mass is 327 g/mol. The number of hydrogen-bond acceptors (Lipinski definition) is 7. The van der Waals surface area contributed by atoms with Crippen LogP contribution in [0.5, 0.6) is 0 Å². The van der Waals surface area contributed by atoms with E-state index >= 15 is 0 Å². The quantitative estimate of drug-likeness (QED) is 0.411. The van der Waals surface area contributed by atoms with Crippen LogP contribution in [0.2, 0.25) is 0 Å². The van der Waals surface area contributed by atoms with Gasteiger partial charge in [-0.05, 0) is 19.3 Å². The standard InChI is InChI=1S/C12H25NO7S/c1-9(12(16)13(2)19-3)7-11(20-21(4,17)18)6-5-10(15)8-14/h9-11,14-15H,5-8H2,1-4H3/t9?,10?,11-/m1/s1. The molecule has 126 valence electrons. The third-order valence-electron chi connectivity index (χ3n) is 2.97. The van der Waals surface area contributed by atoms with Crippen LogP contribution >= 0.6 is 0 Å². The first-order chi connectivity index (χ1) is 9.60. The van der Waals surface area contributed by atoms with Gasteiger partial charge in [0.2, 0.25) is 5.91 Å². The van der Waals surface area contributed by atoms with Gasteiger partial charge in [-0.1, -0.05) is 6.92 Å². The first-order valence-corrected chi connectivity index (χ1v) is 8.41. The maximum absolute atomic E-state index is 11.9. The summed E-state index contributed by atoms with van der Waals surface area (Å²) >= 11 is 0. The molecule has 0 saturated heterocycles. The lowest BCUT2D eigenvalue weighted by Gasteiger charge is -2.23. The van der Waals surface area contributed by atoms with Gasteiger partial charge in [-0.3, -0.25) is 13.8 Å². The molecule has 0 aliphatic rings. The Hall–Kier alpha value is -0.740. The Morgan fingerprint density at radius 3 is 2.33 bits per heavy atom. The molecule has 8 nitrogen and oxygen atoms in total. The van der Waals surface area contributed by atoms with Crippen molar-refractivity contribution in [3.05, 3.63) is 0 Å².